The summed E-state index contributed by atoms with van der Waals surface area (Å²) >= 11 is 0. The van der Waals surface area contributed by atoms with Crippen molar-refractivity contribution in [3.63, 3.8) is 0 Å². The van der Waals surface area contributed by atoms with Crippen LogP contribution in [0, 0.1) is 17.7 Å². The molecule has 78 valence electrons. The van der Waals surface area contributed by atoms with E-state index in [2.05, 4.69) is 11.8 Å². The number of halogens is 1. The monoisotopic (exact) mass is 206 g/mol. The first kappa shape index (κ1) is 11.4. The Kier molecular flexibility index (Phi) is 4.02. The second-order valence-corrected chi connectivity index (χ2v) is 3.03. The van der Waals surface area contributed by atoms with Crippen molar-refractivity contribution in [2.75, 3.05) is 6.61 Å². The molecule has 0 aromatic heterocycles. The normalized spacial score (nSPS) is 9.27. The lowest BCUT2D eigenvalue weighted by Crippen LogP contribution is -1.97. The van der Waals surface area contributed by atoms with Gasteiger partial charge in [0.15, 0.2) is 5.78 Å². The van der Waals surface area contributed by atoms with Crippen LogP contribution in [0.25, 0.3) is 0 Å². The highest BCUT2D eigenvalue weighted by Gasteiger charge is 2.06. The van der Waals surface area contributed by atoms with Gasteiger partial charge in [0.25, 0.3) is 0 Å². The number of aliphatic hydroxyl groups is 1. The lowest BCUT2D eigenvalue weighted by atomic mass is 10.1. The van der Waals surface area contributed by atoms with Crippen LogP contribution in [0.3, 0.4) is 0 Å². The van der Waals surface area contributed by atoms with Crippen LogP contribution in [0.1, 0.15) is 29.3 Å². The van der Waals surface area contributed by atoms with E-state index in [0.717, 1.165) is 0 Å². The first-order chi connectivity index (χ1) is 7.15. The van der Waals surface area contributed by atoms with Crippen LogP contribution in [-0.4, -0.2) is 17.5 Å². The van der Waals surface area contributed by atoms with Crippen LogP contribution < -0.4 is 0 Å². The number of aliphatic hydroxyl groups excluding tert-OH is 1. The smallest absolute Gasteiger partial charge is 0.162 e. The molecule has 0 radical (unpaired) electrons. The van der Waals surface area contributed by atoms with E-state index in [9.17, 15) is 9.18 Å². The van der Waals surface area contributed by atoms with Crippen LogP contribution in [-0.2, 0) is 0 Å². The van der Waals surface area contributed by atoms with Gasteiger partial charge in [0.1, 0.15) is 5.82 Å². The van der Waals surface area contributed by atoms with E-state index in [1.165, 1.54) is 25.1 Å². The maximum absolute atomic E-state index is 13.1. The quantitative estimate of drug-likeness (QED) is 0.591. The van der Waals surface area contributed by atoms with Gasteiger partial charge in [-0.15, -0.1) is 0 Å². The van der Waals surface area contributed by atoms with E-state index in [1.807, 2.05) is 0 Å². The lowest BCUT2D eigenvalue weighted by Gasteiger charge is -1.98. The zero-order valence-electron chi connectivity index (χ0n) is 8.38. The van der Waals surface area contributed by atoms with Gasteiger partial charge in [-0.05, 0) is 25.1 Å². The highest BCUT2D eigenvalue weighted by atomic mass is 19.1. The molecule has 0 saturated heterocycles. The van der Waals surface area contributed by atoms with Gasteiger partial charge in [0, 0.05) is 12.0 Å². The largest absolute Gasteiger partial charge is 0.395 e. The molecule has 0 aliphatic rings. The third-order valence-corrected chi connectivity index (χ3v) is 1.82. The molecule has 0 amide bonds. The summed E-state index contributed by atoms with van der Waals surface area (Å²) in [6.45, 7) is 1.30. The van der Waals surface area contributed by atoms with Gasteiger partial charge < -0.3 is 5.11 Å². The molecular formula is C12H11FO2. The molecule has 0 fully saturated rings. The molecule has 2 nitrogen and oxygen atoms in total. The zero-order valence-corrected chi connectivity index (χ0v) is 8.38. The Balaban J connectivity index is 2.99. The molecule has 0 unspecified atom stereocenters. The lowest BCUT2D eigenvalue weighted by molar-refractivity contribution is 0.101. The molecular weight excluding hydrogens is 195 g/mol. The molecule has 15 heavy (non-hydrogen) atoms. The molecule has 1 rings (SSSR count). The second kappa shape index (κ2) is 5.28. The van der Waals surface area contributed by atoms with Crippen molar-refractivity contribution >= 4 is 5.78 Å². The van der Waals surface area contributed by atoms with Crippen molar-refractivity contribution < 1.29 is 14.3 Å². The Bertz CT molecular complexity index is 427. The molecule has 1 aromatic rings. The van der Waals surface area contributed by atoms with E-state index in [1.54, 1.807) is 0 Å². The van der Waals surface area contributed by atoms with Crippen molar-refractivity contribution in [3.05, 3.63) is 35.1 Å². The third kappa shape index (κ3) is 3.19. The van der Waals surface area contributed by atoms with Gasteiger partial charge in [-0.3, -0.25) is 4.79 Å². The Labute approximate surface area is 87.7 Å². The van der Waals surface area contributed by atoms with Gasteiger partial charge in [-0.1, -0.05) is 11.8 Å². The number of hydrogen-bond donors (Lipinski definition) is 1. The Morgan fingerprint density at radius 3 is 2.87 bits per heavy atom. The number of carbonyl (C=O) groups excluding carboxylic acids is 1. The van der Waals surface area contributed by atoms with Gasteiger partial charge in [-0.25, -0.2) is 4.39 Å². The van der Waals surface area contributed by atoms with Gasteiger partial charge in [-0.2, -0.15) is 0 Å². The molecule has 1 aromatic carbocycles. The molecule has 0 saturated carbocycles. The minimum absolute atomic E-state index is 0.00619. The average Bonchev–Trinajstić information content (AvgIpc) is 2.20. The average molecular weight is 206 g/mol. The fraction of sp³-hybridized carbons (Fsp3) is 0.250. The van der Waals surface area contributed by atoms with Gasteiger partial charge in [0.05, 0.1) is 12.2 Å². The number of hydrogen-bond acceptors (Lipinski definition) is 2. The van der Waals surface area contributed by atoms with Crippen molar-refractivity contribution in [3.8, 4) is 11.8 Å². The predicted molar refractivity (Wildman–Crippen MR) is 55.0 cm³/mol. The molecule has 0 atom stereocenters. The first-order valence-corrected chi connectivity index (χ1v) is 4.55. The molecule has 0 aliphatic carbocycles. The SMILES string of the molecule is CC(=O)c1cc(C#CCCO)ccc1F. The van der Waals surface area contributed by atoms with Crippen LogP contribution in [0.5, 0.6) is 0 Å². The minimum Gasteiger partial charge on any atom is -0.395 e. The van der Waals surface area contributed by atoms with Crippen molar-refractivity contribution in [1.29, 1.82) is 0 Å². The molecule has 0 heterocycles. The van der Waals surface area contributed by atoms with Crippen molar-refractivity contribution in [2.45, 2.75) is 13.3 Å². The van der Waals surface area contributed by atoms with E-state index < -0.39 is 5.82 Å². The molecule has 0 spiro atoms. The summed E-state index contributed by atoms with van der Waals surface area (Å²) in [5.41, 5.74) is 0.626. The molecule has 1 N–H and O–H groups in total. The maximum Gasteiger partial charge on any atom is 0.162 e. The topological polar surface area (TPSA) is 37.3 Å². The highest BCUT2D eigenvalue weighted by molar-refractivity contribution is 5.94. The number of rotatable bonds is 2. The van der Waals surface area contributed by atoms with Crippen LogP contribution >= 0.6 is 0 Å². The molecule has 0 aliphatic heterocycles. The summed E-state index contributed by atoms with van der Waals surface area (Å²) in [6, 6.07) is 4.15. The van der Waals surface area contributed by atoms with Gasteiger partial charge >= 0.3 is 0 Å². The van der Waals surface area contributed by atoms with Gasteiger partial charge in [0.2, 0.25) is 0 Å². The van der Waals surface area contributed by atoms with E-state index in [0.29, 0.717) is 12.0 Å². The highest BCUT2D eigenvalue weighted by Crippen LogP contribution is 2.10. The molecule has 3 heteroatoms. The summed E-state index contributed by atoms with van der Waals surface area (Å²) < 4.78 is 13.1. The standard InChI is InChI=1S/C12H11FO2/c1-9(15)11-8-10(4-2-3-7-14)5-6-12(11)13/h5-6,8,14H,3,7H2,1H3. The van der Waals surface area contributed by atoms with Crippen LogP contribution in [0.4, 0.5) is 4.39 Å². The number of ketones is 1. The summed E-state index contributed by atoms with van der Waals surface area (Å²) in [5.74, 6) is 4.59. The minimum atomic E-state index is -0.532. The summed E-state index contributed by atoms with van der Waals surface area (Å²) in [7, 11) is 0. The number of Topliss-reactive ketones (excluding diaryl/α,β-unsaturated/α-hetero) is 1. The summed E-state index contributed by atoms with van der Waals surface area (Å²) in [5, 5.41) is 8.51. The summed E-state index contributed by atoms with van der Waals surface area (Å²) in [6.07, 6.45) is 0.368. The predicted octanol–water partition coefficient (Wildman–Crippen LogP) is 1.76. The maximum atomic E-state index is 13.1. The van der Waals surface area contributed by atoms with Crippen molar-refractivity contribution in [2.24, 2.45) is 0 Å². The van der Waals surface area contributed by atoms with E-state index in [-0.39, 0.29) is 18.0 Å². The number of benzene rings is 1. The third-order valence-electron chi connectivity index (χ3n) is 1.82. The number of carbonyl (C=O) groups is 1. The zero-order chi connectivity index (χ0) is 11.3. The Morgan fingerprint density at radius 2 is 2.27 bits per heavy atom. The Morgan fingerprint density at radius 1 is 1.53 bits per heavy atom. The van der Waals surface area contributed by atoms with E-state index >= 15 is 0 Å². The molecule has 0 bridgehead atoms. The van der Waals surface area contributed by atoms with E-state index in [4.69, 9.17) is 5.11 Å². The second-order valence-electron chi connectivity index (χ2n) is 3.03. The Hall–Kier alpha value is -1.66. The summed E-state index contributed by atoms with van der Waals surface area (Å²) in [4.78, 5) is 11.0. The van der Waals surface area contributed by atoms with Crippen LogP contribution in [0.15, 0.2) is 18.2 Å². The fourth-order valence-electron chi connectivity index (χ4n) is 1.09. The first-order valence-electron chi connectivity index (χ1n) is 4.55. The fourth-order valence-corrected chi connectivity index (χ4v) is 1.09. The van der Waals surface area contributed by atoms with Crippen molar-refractivity contribution in [1.82, 2.24) is 0 Å². The van der Waals surface area contributed by atoms with Crippen LogP contribution in [0.2, 0.25) is 0 Å².